The summed E-state index contributed by atoms with van der Waals surface area (Å²) in [5.74, 6) is -1.30. The molecule has 4 rings (SSSR count). The lowest BCUT2D eigenvalue weighted by Gasteiger charge is -2.19. The van der Waals surface area contributed by atoms with Crippen LogP contribution in [0.5, 0.6) is 0 Å². The van der Waals surface area contributed by atoms with Gasteiger partial charge in [0, 0.05) is 6.42 Å². The second kappa shape index (κ2) is 6.65. The lowest BCUT2D eigenvalue weighted by Crippen LogP contribution is -2.33. The Kier molecular flexibility index (Phi) is 4.43. The number of alkyl halides is 3. The van der Waals surface area contributed by atoms with Crippen LogP contribution < -0.4 is 4.90 Å². The quantitative estimate of drug-likeness (QED) is 0.588. The summed E-state index contributed by atoms with van der Waals surface area (Å²) in [6, 6.07) is 12.1. The molecule has 0 aliphatic carbocycles. The van der Waals surface area contributed by atoms with E-state index in [1.165, 1.54) is 23.5 Å². The number of carbonyl (C=O) groups excluding carboxylic acids is 2. The van der Waals surface area contributed by atoms with Gasteiger partial charge >= 0.3 is 6.18 Å². The molecule has 1 unspecified atom stereocenters. The van der Waals surface area contributed by atoms with Crippen LogP contribution in [0.1, 0.15) is 12.0 Å². The van der Waals surface area contributed by atoms with Crippen LogP contribution in [0.3, 0.4) is 0 Å². The number of amides is 2. The molecule has 9 heteroatoms. The highest BCUT2D eigenvalue weighted by Crippen LogP contribution is 2.41. The van der Waals surface area contributed by atoms with Crippen LogP contribution in [0.4, 0.5) is 18.9 Å². The number of hydrogen-bond acceptors (Lipinski definition) is 5. The van der Waals surface area contributed by atoms with Crippen molar-refractivity contribution in [3.8, 4) is 0 Å². The smallest absolute Gasteiger partial charge is 0.274 e. The number of imide groups is 1. The number of carbonyl (C=O) groups is 2. The molecular formula is C18H11F3N2O2S2. The van der Waals surface area contributed by atoms with Crippen molar-refractivity contribution in [2.45, 2.75) is 22.2 Å². The molecule has 0 spiro atoms. The van der Waals surface area contributed by atoms with Gasteiger partial charge in [-0.2, -0.15) is 13.2 Å². The number of thiazole rings is 1. The fourth-order valence-electron chi connectivity index (χ4n) is 2.88. The molecule has 0 bridgehead atoms. The Balaban J connectivity index is 1.63. The first kappa shape index (κ1) is 18.0. The summed E-state index contributed by atoms with van der Waals surface area (Å²) in [6.45, 7) is 0. The van der Waals surface area contributed by atoms with E-state index in [4.69, 9.17) is 0 Å². The fourth-order valence-corrected chi connectivity index (χ4v) is 5.21. The highest BCUT2D eigenvalue weighted by Gasteiger charge is 2.44. The highest BCUT2D eigenvalue weighted by atomic mass is 32.2. The minimum atomic E-state index is -4.66. The molecule has 1 fully saturated rings. The molecule has 0 N–H and O–H groups in total. The number of anilines is 1. The molecule has 138 valence electrons. The molecule has 3 aromatic rings. The lowest BCUT2D eigenvalue weighted by atomic mass is 10.1. The summed E-state index contributed by atoms with van der Waals surface area (Å²) in [6.07, 6.45) is -4.82. The van der Waals surface area contributed by atoms with Crippen molar-refractivity contribution in [3.05, 3.63) is 54.1 Å². The van der Waals surface area contributed by atoms with Crippen molar-refractivity contribution < 1.29 is 22.8 Å². The largest absolute Gasteiger partial charge is 0.418 e. The van der Waals surface area contributed by atoms with Crippen LogP contribution >= 0.6 is 23.1 Å². The van der Waals surface area contributed by atoms with Crippen molar-refractivity contribution >= 4 is 50.8 Å². The van der Waals surface area contributed by atoms with Crippen molar-refractivity contribution in [3.63, 3.8) is 0 Å². The topological polar surface area (TPSA) is 50.3 Å². The predicted molar refractivity (Wildman–Crippen MR) is 97.8 cm³/mol. The van der Waals surface area contributed by atoms with E-state index in [1.54, 1.807) is 0 Å². The molecule has 0 radical (unpaired) electrons. The number of nitrogens with zero attached hydrogens (tertiary/aromatic N) is 2. The number of thioether (sulfide) groups is 1. The third kappa shape index (κ3) is 3.32. The predicted octanol–water partition coefficient (Wildman–Crippen LogP) is 4.74. The Morgan fingerprint density at radius 3 is 2.52 bits per heavy atom. The Labute approximate surface area is 160 Å². The van der Waals surface area contributed by atoms with Gasteiger partial charge in [-0.25, -0.2) is 9.88 Å². The summed E-state index contributed by atoms with van der Waals surface area (Å²) in [7, 11) is 0. The van der Waals surface area contributed by atoms with E-state index in [-0.39, 0.29) is 6.42 Å². The summed E-state index contributed by atoms with van der Waals surface area (Å²) < 4.78 is 41.3. The number of rotatable bonds is 3. The van der Waals surface area contributed by atoms with Crippen LogP contribution in [-0.4, -0.2) is 22.0 Å². The fraction of sp³-hybridized carbons (Fsp3) is 0.167. The van der Waals surface area contributed by atoms with Gasteiger partial charge in [-0.3, -0.25) is 9.59 Å². The van der Waals surface area contributed by atoms with Gasteiger partial charge in [0.1, 0.15) is 5.25 Å². The average Bonchev–Trinajstić information content (AvgIpc) is 3.14. The Bertz CT molecular complexity index is 1020. The highest BCUT2D eigenvalue weighted by molar-refractivity contribution is 8.02. The molecule has 1 aromatic heterocycles. The average molecular weight is 408 g/mol. The summed E-state index contributed by atoms with van der Waals surface area (Å²) in [5, 5.41) is -0.792. The normalized spacial score (nSPS) is 17.9. The van der Waals surface area contributed by atoms with E-state index in [1.807, 2.05) is 24.3 Å². The van der Waals surface area contributed by atoms with E-state index in [0.717, 1.165) is 34.1 Å². The van der Waals surface area contributed by atoms with Gasteiger partial charge < -0.3 is 0 Å². The zero-order valence-corrected chi connectivity index (χ0v) is 15.2. The molecular weight excluding hydrogens is 397 g/mol. The third-order valence-electron chi connectivity index (χ3n) is 4.07. The van der Waals surface area contributed by atoms with E-state index in [9.17, 15) is 22.8 Å². The molecule has 0 saturated carbocycles. The number of halogens is 3. The molecule has 1 atom stereocenters. The van der Waals surface area contributed by atoms with Crippen LogP contribution in [0.15, 0.2) is 52.9 Å². The van der Waals surface area contributed by atoms with Gasteiger partial charge in [-0.15, -0.1) is 11.3 Å². The molecule has 1 aliphatic heterocycles. The van der Waals surface area contributed by atoms with Gasteiger partial charge in [0.15, 0.2) is 4.34 Å². The number of aromatic nitrogens is 1. The van der Waals surface area contributed by atoms with Gasteiger partial charge in [-0.05, 0) is 24.3 Å². The molecule has 27 heavy (non-hydrogen) atoms. The van der Waals surface area contributed by atoms with Gasteiger partial charge in [0.25, 0.3) is 0 Å². The van der Waals surface area contributed by atoms with Crippen LogP contribution in [0.2, 0.25) is 0 Å². The maximum Gasteiger partial charge on any atom is 0.418 e. The maximum absolute atomic E-state index is 13.3. The van der Waals surface area contributed by atoms with E-state index in [2.05, 4.69) is 4.98 Å². The Hall–Kier alpha value is -2.39. The molecule has 4 nitrogen and oxygen atoms in total. The first-order valence-electron chi connectivity index (χ1n) is 7.90. The molecule has 1 saturated heterocycles. The zero-order chi connectivity index (χ0) is 19.2. The van der Waals surface area contributed by atoms with Gasteiger partial charge in [0.05, 0.1) is 21.5 Å². The van der Waals surface area contributed by atoms with Gasteiger partial charge in [0.2, 0.25) is 11.8 Å². The van der Waals surface area contributed by atoms with Crippen LogP contribution in [-0.2, 0) is 15.8 Å². The van der Waals surface area contributed by atoms with Crippen LogP contribution in [0, 0.1) is 0 Å². The SMILES string of the molecule is O=C1CC(Sc2nc3ccccc3s2)C(=O)N1c1ccccc1C(F)(F)F. The Morgan fingerprint density at radius 1 is 1.07 bits per heavy atom. The van der Waals surface area contributed by atoms with Crippen molar-refractivity contribution in [1.29, 1.82) is 0 Å². The van der Waals surface area contributed by atoms with E-state index >= 15 is 0 Å². The molecule has 2 heterocycles. The van der Waals surface area contributed by atoms with Crippen molar-refractivity contribution in [2.24, 2.45) is 0 Å². The zero-order valence-electron chi connectivity index (χ0n) is 13.6. The Morgan fingerprint density at radius 2 is 1.78 bits per heavy atom. The minimum absolute atomic E-state index is 0.161. The molecule has 2 aromatic carbocycles. The first-order valence-corrected chi connectivity index (χ1v) is 9.59. The maximum atomic E-state index is 13.3. The second-order valence-corrected chi connectivity index (χ2v) is 8.32. The standard InChI is InChI=1S/C18H11F3N2O2S2/c19-18(20,21)10-5-1-3-7-12(10)23-15(24)9-14(16(23)25)27-17-22-11-6-2-4-8-13(11)26-17/h1-8,14H,9H2. The lowest BCUT2D eigenvalue weighted by molar-refractivity contribution is -0.137. The van der Waals surface area contributed by atoms with E-state index in [0.29, 0.717) is 9.24 Å². The van der Waals surface area contributed by atoms with E-state index < -0.39 is 34.5 Å². The minimum Gasteiger partial charge on any atom is -0.274 e. The number of fused-ring (bicyclic) bond motifs is 1. The molecule has 2 amide bonds. The second-order valence-electron chi connectivity index (χ2n) is 5.84. The number of para-hydroxylation sites is 2. The van der Waals surface area contributed by atoms with Crippen molar-refractivity contribution in [2.75, 3.05) is 4.90 Å². The van der Waals surface area contributed by atoms with Gasteiger partial charge in [-0.1, -0.05) is 36.0 Å². The van der Waals surface area contributed by atoms with Crippen LogP contribution in [0.25, 0.3) is 10.2 Å². The summed E-state index contributed by atoms with van der Waals surface area (Å²) in [5.41, 5.74) is -0.647. The summed E-state index contributed by atoms with van der Waals surface area (Å²) >= 11 is 2.50. The monoisotopic (exact) mass is 408 g/mol. The molecule has 1 aliphatic rings. The summed E-state index contributed by atoms with van der Waals surface area (Å²) in [4.78, 5) is 30.1. The first-order chi connectivity index (χ1) is 12.8. The van der Waals surface area contributed by atoms with Crippen molar-refractivity contribution in [1.82, 2.24) is 4.98 Å². The number of benzene rings is 2. The third-order valence-corrected chi connectivity index (χ3v) is 6.39. The number of hydrogen-bond donors (Lipinski definition) is 0.